The molecule has 3 aromatic carbocycles. The number of benzene rings is 3. The van der Waals surface area contributed by atoms with E-state index in [0.717, 1.165) is 27.6 Å². The van der Waals surface area contributed by atoms with Crippen LogP contribution in [-0.2, 0) is 0 Å². The van der Waals surface area contributed by atoms with Crippen molar-refractivity contribution in [1.29, 1.82) is 0 Å². The Kier molecular flexibility index (Phi) is 6.84. The van der Waals surface area contributed by atoms with Gasteiger partial charge in [-0.2, -0.15) is 0 Å². The summed E-state index contributed by atoms with van der Waals surface area (Å²) in [7, 11) is 0. The zero-order chi connectivity index (χ0) is 26.6. The number of carbonyl (C=O) groups excluding carboxylic acids is 2. The number of aromatic nitrogens is 2. The summed E-state index contributed by atoms with van der Waals surface area (Å²) >= 11 is 1.48. The van der Waals surface area contributed by atoms with E-state index in [2.05, 4.69) is 20.6 Å². The molecule has 188 valence electrons. The molecule has 2 aromatic heterocycles. The molecule has 0 saturated heterocycles. The van der Waals surface area contributed by atoms with E-state index in [0.29, 0.717) is 28.1 Å². The number of anilines is 4. The number of carbonyl (C=O) groups is 2. The van der Waals surface area contributed by atoms with Crippen LogP contribution in [0.3, 0.4) is 0 Å². The predicted molar refractivity (Wildman–Crippen MR) is 153 cm³/mol. The monoisotopic (exact) mass is 520 g/mol. The van der Waals surface area contributed by atoms with Crippen LogP contribution in [0.1, 0.15) is 26.3 Å². The van der Waals surface area contributed by atoms with Crippen molar-refractivity contribution in [1.82, 2.24) is 9.97 Å². The molecule has 0 aliphatic carbocycles. The van der Waals surface area contributed by atoms with Crippen LogP contribution < -0.4 is 22.1 Å². The number of nitrogen functional groups attached to an aromatic ring is 1. The van der Waals surface area contributed by atoms with Crippen LogP contribution in [0.15, 0.2) is 90.6 Å². The minimum Gasteiger partial charge on any atom is -0.398 e. The van der Waals surface area contributed by atoms with Gasteiger partial charge >= 0.3 is 0 Å². The molecule has 0 aliphatic rings. The quantitative estimate of drug-likeness (QED) is 0.199. The molecule has 0 fully saturated rings. The van der Waals surface area contributed by atoms with Gasteiger partial charge in [-0.1, -0.05) is 24.3 Å². The third-order valence-electron chi connectivity index (χ3n) is 6.00. The molecule has 9 heteroatoms. The molecule has 5 rings (SSSR count). The molecule has 5 aromatic rings. The van der Waals surface area contributed by atoms with Crippen LogP contribution in [0, 0.1) is 6.92 Å². The maximum Gasteiger partial charge on any atom is 0.255 e. The highest BCUT2D eigenvalue weighted by Crippen LogP contribution is 2.31. The van der Waals surface area contributed by atoms with Crippen LogP contribution in [-0.4, -0.2) is 21.8 Å². The highest BCUT2D eigenvalue weighted by atomic mass is 32.1. The summed E-state index contributed by atoms with van der Waals surface area (Å²) in [6, 6.07) is 21.3. The van der Waals surface area contributed by atoms with Crippen LogP contribution in [0.25, 0.3) is 22.4 Å². The number of nitrogens with one attached hydrogen (secondary N) is 2. The average Bonchev–Trinajstić information content (AvgIpc) is 3.39. The zero-order valence-electron chi connectivity index (χ0n) is 20.4. The Balaban J connectivity index is 1.38. The Morgan fingerprint density at radius 3 is 2.55 bits per heavy atom. The Bertz CT molecular complexity index is 1650. The number of nitrogens with two attached hydrogens (primary N) is 2. The number of hydrogen-bond donors (Lipinski definition) is 4. The van der Waals surface area contributed by atoms with Gasteiger partial charge in [0, 0.05) is 57.1 Å². The van der Waals surface area contributed by atoms with E-state index < -0.39 is 5.91 Å². The zero-order valence-corrected chi connectivity index (χ0v) is 21.3. The molecule has 6 N–H and O–H groups in total. The number of rotatable bonds is 7. The van der Waals surface area contributed by atoms with Crippen molar-refractivity contribution in [2.24, 2.45) is 5.73 Å². The fourth-order valence-electron chi connectivity index (χ4n) is 4.00. The van der Waals surface area contributed by atoms with Gasteiger partial charge in [-0.3, -0.25) is 14.6 Å². The van der Waals surface area contributed by atoms with Crippen molar-refractivity contribution >= 4 is 45.3 Å². The average molecular weight is 521 g/mol. The van der Waals surface area contributed by atoms with Crippen LogP contribution in [0.2, 0.25) is 0 Å². The van der Waals surface area contributed by atoms with E-state index in [1.807, 2.05) is 48.7 Å². The van der Waals surface area contributed by atoms with E-state index in [-0.39, 0.29) is 11.5 Å². The summed E-state index contributed by atoms with van der Waals surface area (Å²) in [4.78, 5) is 34.0. The van der Waals surface area contributed by atoms with Crippen LogP contribution >= 0.6 is 11.3 Å². The maximum atomic E-state index is 13.2. The largest absolute Gasteiger partial charge is 0.398 e. The van der Waals surface area contributed by atoms with Gasteiger partial charge in [-0.25, -0.2) is 4.98 Å². The second kappa shape index (κ2) is 10.5. The highest BCUT2D eigenvalue weighted by Gasteiger charge is 2.16. The lowest BCUT2D eigenvalue weighted by molar-refractivity contribution is 0.0996. The Morgan fingerprint density at radius 1 is 0.947 bits per heavy atom. The molecule has 0 saturated carbocycles. The number of thiazole rings is 1. The standard InChI is InChI=1S/C29H24N6O2S/c1-17-8-10-20(14-25(17)34-29-35-26(16-38-29)19-5-4-12-32-15-19)33-28(37)18-9-11-22(27(31)36)23(13-18)21-6-2-3-7-24(21)30/h2-16H,30H2,1H3,(H2,31,36)(H,33,37)(H,34,35). The Labute approximate surface area is 223 Å². The van der Waals surface area contributed by atoms with Crippen LogP contribution in [0.4, 0.5) is 22.2 Å². The van der Waals surface area contributed by atoms with Crippen molar-refractivity contribution in [2.45, 2.75) is 6.92 Å². The number of para-hydroxylation sites is 1. The lowest BCUT2D eigenvalue weighted by Crippen LogP contribution is -2.16. The lowest BCUT2D eigenvalue weighted by atomic mass is 9.95. The number of nitrogens with zero attached hydrogens (tertiary/aromatic N) is 2. The topological polar surface area (TPSA) is 136 Å². The smallest absolute Gasteiger partial charge is 0.255 e. The molecular formula is C29H24N6O2S. The van der Waals surface area contributed by atoms with Crippen molar-refractivity contribution in [3.8, 4) is 22.4 Å². The third kappa shape index (κ3) is 5.23. The molecule has 2 amide bonds. The summed E-state index contributed by atoms with van der Waals surface area (Å²) in [6.07, 6.45) is 3.50. The molecule has 2 heterocycles. The fourth-order valence-corrected chi connectivity index (χ4v) is 4.73. The third-order valence-corrected chi connectivity index (χ3v) is 6.75. The van der Waals surface area contributed by atoms with E-state index in [1.165, 1.54) is 11.3 Å². The van der Waals surface area contributed by atoms with Gasteiger partial charge < -0.3 is 22.1 Å². The van der Waals surface area contributed by atoms with Gasteiger partial charge in [0.15, 0.2) is 5.13 Å². The first-order valence-corrected chi connectivity index (χ1v) is 12.6. The second-order valence-corrected chi connectivity index (χ2v) is 9.46. The molecule has 8 nitrogen and oxygen atoms in total. The predicted octanol–water partition coefficient (Wildman–Crippen LogP) is 5.86. The summed E-state index contributed by atoms with van der Waals surface area (Å²) in [6.45, 7) is 1.97. The first-order valence-electron chi connectivity index (χ1n) is 11.7. The van der Waals surface area contributed by atoms with Crippen molar-refractivity contribution in [2.75, 3.05) is 16.4 Å². The molecule has 0 unspecified atom stereocenters. The number of pyridine rings is 1. The first-order chi connectivity index (χ1) is 18.4. The molecule has 0 radical (unpaired) electrons. The first kappa shape index (κ1) is 24.7. The SMILES string of the molecule is Cc1ccc(NC(=O)c2ccc(C(N)=O)c(-c3ccccc3N)c2)cc1Nc1nc(-c2cccnc2)cs1. The minimum atomic E-state index is -0.599. The molecule has 38 heavy (non-hydrogen) atoms. The molecular weight excluding hydrogens is 496 g/mol. The summed E-state index contributed by atoms with van der Waals surface area (Å²) < 4.78 is 0. The van der Waals surface area contributed by atoms with Crippen molar-refractivity contribution in [3.05, 3.63) is 107 Å². The molecule has 0 spiro atoms. The number of primary amides is 1. The Morgan fingerprint density at radius 2 is 1.79 bits per heavy atom. The number of aryl methyl sites for hydroxylation is 1. The second-order valence-electron chi connectivity index (χ2n) is 8.60. The van der Waals surface area contributed by atoms with Crippen LogP contribution in [0.5, 0.6) is 0 Å². The van der Waals surface area contributed by atoms with Gasteiger partial charge in [0.05, 0.1) is 5.69 Å². The van der Waals surface area contributed by atoms with Crippen molar-refractivity contribution in [3.63, 3.8) is 0 Å². The van der Waals surface area contributed by atoms with Gasteiger partial charge in [0.25, 0.3) is 5.91 Å². The van der Waals surface area contributed by atoms with Crippen molar-refractivity contribution < 1.29 is 9.59 Å². The number of amides is 2. The molecule has 0 bridgehead atoms. The van der Waals surface area contributed by atoms with E-state index >= 15 is 0 Å². The maximum absolute atomic E-state index is 13.2. The van der Waals surface area contributed by atoms with Gasteiger partial charge in [0.2, 0.25) is 5.91 Å². The lowest BCUT2D eigenvalue weighted by Gasteiger charge is -2.13. The van der Waals surface area contributed by atoms with E-state index in [4.69, 9.17) is 11.5 Å². The normalized spacial score (nSPS) is 10.7. The molecule has 0 aliphatic heterocycles. The summed E-state index contributed by atoms with van der Waals surface area (Å²) in [5, 5.41) is 8.97. The van der Waals surface area contributed by atoms with Gasteiger partial charge in [-0.05, 0) is 66.6 Å². The summed E-state index contributed by atoms with van der Waals surface area (Å²) in [5.41, 5.74) is 18.2. The van der Waals surface area contributed by atoms with E-state index in [1.54, 1.807) is 48.8 Å². The molecule has 0 atom stereocenters. The minimum absolute atomic E-state index is 0.287. The summed E-state index contributed by atoms with van der Waals surface area (Å²) in [5.74, 6) is -0.932. The number of hydrogen-bond acceptors (Lipinski definition) is 7. The Hall–Kier alpha value is -5.02. The fraction of sp³-hybridized carbons (Fsp3) is 0.0345. The van der Waals surface area contributed by atoms with E-state index in [9.17, 15) is 9.59 Å². The highest BCUT2D eigenvalue weighted by molar-refractivity contribution is 7.14. The van der Waals surface area contributed by atoms with Gasteiger partial charge in [-0.15, -0.1) is 11.3 Å². The van der Waals surface area contributed by atoms with Gasteiger partial charge in [0.1, 0.15) is 0 Å².